The number of hydrogen-bond acceptors (Lipinski definition) is 2. The molecular weight excluding hydrogens is 253 g/mol. The Morgan fingerprint density at radius 2 is 1.85 bits per heavy atom. The number of rotatable bonds is 5. The fraction of sp³-hybridized carbons (Fsp3) is 0.294. The van der Waals surface area contributed by atoms with Crippen LogP contribution in [-0.4, -0.2) is 13.7 Å². The molecule has 0 aliphatic rings. The zero-order valence-electron chi connectivity index (χ0n) is 12.1. The van der Waals surface area contributed by atoms with Gasteiger partial charge in [0.1, 0.15) is 11.6 Å². The molecule has 0 amide bonds. The van der Waals surface area contributed by atoms with Crippen molar-refractivity contribution in [3.05, 3.63) is 65.0 Å². The molecule has 0 fully saturated rings. The Morgan fingerprint density at radius 1 is 1.15 bits per heavy atom. The number of benzene rings is 2. The van der Waals surface area contributed by atoms with Crippen LogP contribution in [0.4, 0.5) is 4.39 Å². The maximum Gasteiger partial charge on any atom is 0.123 e. The van der Waals surface area contributed by atoms with Gasteiger partial charge in [0.15, 0.2) is 0 Å². The average molecular weight is 273 g/mol. The summed E-state index contributed by atoms with van der Waals surface area (Å²) in [5.41, 5.74) is 3.15. The van der Waals surface area contributed by atoms with Crippen LogP contribution in [0.3, 0.4) is 0 Å². The first-order chi connectivity index (χ1) is 9.65. The molecule has 3 heteroatoms. The van der Waals surface area contributed by atoms with Gasteiger partial charge in [-0.2, -0.15) is 0 Å². The number of ether oxygens (including phenoxy) is 1. The number of nitrogens with one attached hydrogen (secondary N) is 1. The van der Waals surface area contributed by atoms with Gasteiger partial charge < -0.3 is 10.1 Å². The second kappa shape index (κ2) is 6.53. The lowest BCUT2D eigenvalue weighted by atomic mass is 9.95. The summed E-state index contributed by atoms with van der Waals surface area (Å²) in [6, 6.07) is 12.9. The molecule has 0 spiro atoms. The van der Waals surface area contributed by atoms with Crippen LogP contribution in [0.1, 0.15) is 29.7 Å². The van der Waals surface area contributed by atoms with Crippen molar-refractivity contribution in [1.29, 1.82) is 0 Å². The predicted molar refractivity (Wildman–Crippen MR) is 79.7 cm³/mol. The predicted octanol–water partition coefficient (Wildman–Crippen LogP) is 3.84. The molecule has 1 unspecified atom stereocenters. The molecule has 2 aromatic carbocycles. The van der Waals surface area contributed by atoms with E-state index in [1.165, 1.54) is 6.07 Å². The molecule has 0 aromatic heterocycles. The van der Waals surface area contributed by atoms with Crippen LogP contribution >= 0.6 is 0 Å². The fourth-order valence-electron chi connectivity index (χ4n) is 2.39. The van der Waals surface area contributed by atoms with Gasteiger partial charge in [-0.15, -0.1) is 0 Å². The van der Waals surface area contributed by atoms with Crippen LogP contribution in [-0.2, 0) is 0 Å². The minimum absolute atomic E-state index is 0.0475. The molecule has 2 nitrogen and oxygen atoms in total. The van der Waals surface area contributed by atoms with Crippen molar-refractivity contribution in [2.75, 3.05) is 13.7 Å². The Balaban J connectivity index is 2.31. The minimum atomic E-state index is -0.201. The zero-order valence-corrected chi connectivity index (χ0v) is 12.1. The largest absolute Gasteiger partial charge is 0.494 e. The molecular formula is C17H20FNO. The van der Waals surface area contributed by atoms with Gasteiger partial charge in [-0.25, -0.2) is 4.39 Å². The molecule has 20 heavy (non-hydrogen) atoms. The van der Waals surface area contributed by atoms with E-state index >= 15 is 0 Å². The Kier molecular flexibility index (Phi) is 4.74. The van der Waals surface area contributed by atoms with E-state index in [-0.39, 0.29) is 11.9 Å². The first kappa shape index (κ1) is 14.5. The summed E-state index contributed by atoms with van der Waals surface area (Å²) in [6.07, 6.45) is 0. The topological polar surface area (TPSA) is 21.3 Å². The van der Waals surface area contributed by atoms with Gasteiger partial charge in [-0.05, 0) is 61.9 Å². The van der Waals surface area contributed by atoms with Crippen LogP contribution in [0.5, 0.6) is 5.75 Å². The molecule has 0 heterocycles. The van der Waals surface area contributed by atoms with Crippen molar-refractivity contribution in [1.82, 2.24) is 5.32 Å². The molecule has 1 N–H and O–H groups in total. The van der Waals surface area contributed by atoms with E-state index in [0.29, 0.717) is 6.61 Å². The van der Waals surface area contributed by atoms with Gasteiger partial charge in [0.05, 0.1) is 12.6 Å². The summed E-state index contributed by atoms with van der Waals surface area (Å²) in [6.45, 7) is 4.55. The normalized spacial score (nSPS) is 12.2. The highest BCUT2D eigenvalue weighted by molar-refractivity contribution is 5.39. The van der Waals surface area contributed by atoms with Crippen LogP contribution in [0, 0.1) is 12.7 Å². The van der Waals surface area contributed by atoms with Gasteiger partial charge >= 0.3 is 0 Å². The van der Waals surface area contributed by atoms with Crippen molar-refractivity contribution in [3.8, 4) is 5.75 Å². The second-order valence-corrected chi connectivity index (χ2v) is 4.72. The third kappa shape index (κ3) is 3.17. The monoisotopic (exact) mass is 273 g/mol. The zero-order chi connectivity index (χ0) is 14.5. The average Bonchev–Trinajstić information content (AvgIpc) is 2.44. The molecule has 0 radical (unpaired) electrons. The lowest BCUT2D eigenvalue weighted by Gasteiger charge is -2.20. The van der Waals surface area contributed by atoms with Crippen LogP contribution < -0.4 is 10.1 Å². The number of aryl methyl sites for hydroxylation is 1. The first-order valence-electron chi connectivity index (χ1n) is 6.81. The van der Waals surface area contributed by atoms with Crippen molar-refractivity contribution < 1.29 is 9.13 Å². The minimum Gasteiger partial charge on any atom is -0.494 e. The third-order valence-corrected chi connectivity index (χ3v) is 3.36. The van der Waals surface area contributed by atoms with Crippen LogP contribution in [0.25, 0.3) is 0 Å². The molecule has 2 rings (SSSR count). The Bertz CT molecular complexity index is 566. The number of hydrogen-bond donors (Lipinski definition) is 1. The van der Waals surface area contributed by atoms with E-state index in [1.54, 1.807) is 6.07 Å². The smallest absolute Gasteiger partial charge is 0.123 e. The van der Waals surface area contributed by atoms with E-state index in [2.05, 4.69) is 5.32 Å². The van der Waals surface area contributed by atoms with Crippen molar-refractivity contribution in [2.45, 2.75) is 19.9 Å². The summed E-state index contributed by atoms with van der Waals surface area (Å²) < 4.78 is 18.7. The van der Waals surface area contributed by atoms with Crippen LogP contribution in [0.2, 0.25) is 0 Å². The van der Waals surface area contributed by atoms with Gasteiger partial charge in [-0.1, -0.05) is 18.2 Å². The Hall–Kier alpha value is -1.87. The molecule has 0 aliphatic heterocycles. The standard InChI is InChI=1S/C17H20FNO/c1-4-20-15-8-5-13(6-9-15)17(19-3)16-10-7-14(18)11-12(16)2/h5-11,17,19H,4H2,1-3H3. The van der Waals surface area contributed by atoms with Crippen molar-refractivity contribution in [3.63, 3.8) is 0 Å². The summed E-state index contributed by atoms with van der Waals surface area (Å²) >= 11 is 0. The first-order valence-corrected chi connectivity index (χ1v) is 6.81. The quantitative estimate of drug-likeness (QED) is 0.893. The molecule has 0 saturated heterocycles. The van der Waals surface area contributed by atoms with Crippen LogP contribution in [0.15, 0.2) is 42.5 Å². The molecule has 0 saturated carbocycles. The van der Waals surface area contributed by atoms with E-state index in [4.69, 9.17) is 4.74 Å². The lowest BCUT2D eigenvalue weighted by Crippen LogP contribution is -2.18. The highest BCUT2D eigenvalue weighted by Crippen LogP contribution is 2.26. The summed E-state index contributed by atoms with van der Waals surface area (Å²) in [4.78, 5) is 0. The van der Waals surface area contributed by atoms with Crippen molar-refractivity contribution in [2.24, 2.45) is 0 Å². The molecule has 1 atom stereocenters. The Morgan fingerprint density at radius 3 is 2.40 bits per heavy atom. The fourth-order valence-corrected chi connectivity index (χ4v) is 2.39. The van der Waals surface area contributed by atoms with E-state index in [1.807, 2.05) is 51.2 Å². The molecule has 0 aliphatic carbocycles. The van der Waals surface area contributed by atoms with E-state index in [9.17, 15) is 4.39 Å². The molecule has 0 bridgehead atoms. The number of halogens is 1. The summed E-state index contributed by atoms with van der Waals surface area (Å²) in [7, 11) is 1.91. The third-order valence-electron chi connectivity index (χ3n) is 3.36. The summed E-state index contributed by atoms with van der Waals surface area (Å²) in [5.74, 6) is 0.662. The molecule has 2 aromatic rings. The van der Waals surface area contributed by atoms with E-state index < -0.39 is 0 Å². The SMILES string of the molecule is CCOc1ccc(C(NC)c2ccc(F)cc2C)cc1. The van der Waals surface area contributed by atoms with Gasteiger partial charge in [0, 0.05) is 0 Å². The second-order valence-electron chi connectivity index (χ2n) is 4.72. The highest BCUT2D eigenvalue weighted by atomic mass is 19.1. The van der Waals surface area contributed by atoms with Crippen molar-refractivity contribution >= 4 is 0 Å². The summed E-state index contributed by atoms with van der Waals surface area (Å²) in [5, 5.41) is 3.28. The van der Waals surface area contributed by atoms with E-state index in [0.717, 1.165) is 22.4 Å². The Labute approximate surface area is 119 Å². The molecule has 106 valence electrons. The lowest BCUT2D eigenvalue weighted by molar-refractivity contribution is 0.340. The van der Waals surface area contributed by atoms with Gasteiger partial charge in [0.2, 0.25) is 0 Å². The maximum atomic E-state index is 13.2. The maximum absolute atomic E-state index is 13.2. The highest BCUT2D eigenvalue weighted by Gasteiger charge is 2.14. The van der Waals surface area contributed by atoms with Gasteiger partial charge in [-0.3, -0.25) is 0 Å². The van der Waals surface area contributed by atoms with Gasteiger partial charge in [0.25, 0.3) is 0 Å².